The van der Waals surface area contributed by atoms with Crippen molar-refractivity contribution in [2.45, 2.75) is 12.2 Å². The van der Waals surface area contributed by atoms with Crippen molar-refractivity contribution in [1.29, 1.82) is 0 Å². The fourth-order valence-electron chi connectivity index (χ4n) is 0.899. The van der Waals surface area contributed by atoms with E-state index in [2.05, 4.69) is 0 Å². The van der Waals surface area contributed by atoms with Crippen molar-refractivity contribution in [3.63, 3.8) is 0 Å². The van der Waals surface area contributed by atoms with Crippen LogP contribution in [0.25, 0.3) is 0 Å². The van der Waals surface area contributed by atoms with Gasteiger partial charge in [-0.05, 0) is 0 Å². The Morgan fingerprint density at radius 3 is 1.83 bits per heavy atom. The number of hydrogen-bond donors (Lipinski definition) is 4. The average molecular weight is 180 g/mol. The summed E-state index contributed by atoms with van der Waals surface area (Å²) in [5, 5.41) is 35.4. The van der Waals surface area contributed by atoms with Gasteiger partial charge >= 0.3 is 0 Å². The standard InChI is InChI=1S/C7H16O5/c1-12-6(4-10)7(11)5(2-8)3-9/h5-11H,2-4H2,1H3. The molecule has 0 aliphatic rings. The van der Waals surface area contributed by atoms with Gasteiger partial charge in [0.25, 0.3) is 0 Å². The van der Waals surface area contributed by atoms with Crippen LogP contribution in [-0.4, -0.2) is 59.6 Å². The third kappa shape index (κ3) is 3.04. The van der Waals surface area contributed by atoms with Gasteiger partial charge in [0, 0.05) is 13.0 Å². The van der Waals surface area contributed by atoms with Crippen LogP contribution in [0, 0.1) is 5.92 Å². The zero-order valence-electron chi connectivity index (χ0n) is 7.05. The molecule has 74 valence electrons. The minimum absolute atomic E-state index is 0.336. The third-order valence-corrected chi connectivity index (χ3v) is 1.82. The van der Waals surface area contributed by atoms with E-state index in [0.717, 1.165) is 0 Å². The fourth-order valence-corrected chi connectivity index (χ4v) is 0.899. The maximum Gasteiger partial charge on any atom is 0.106 e. The van der Waals surface area contributed by atoms with Gasteiger partial charge in [0.15, 0.2) is 0 Å². The molecule has 0 rings (SSSR count). The highest BCUT2D eigenvalue weighted by molar-refractivity contribution is 4.75. The number of aliphatic hydroxyl groups excluding tert-OH is 4. The Bertz CT molecular complexity index is 88.0. The fraction of sp³-hybridized carbons (Fsp3) is 1.00. The quantitative estimate of drug-likeness (QED) is 0.378. The first-order chi connectivity index (χ1) is 5.71. The summed E-state index contributed by atoms with van der Waals surface area (Å²) >= 11 is 0. The minimum atomic E-state index is -1.05. The summed E-state index contributed by atoms with van der Waals surface area (Å²) < 4.78 is 4.72. The highest BCUT2D eigenvalue weighted by Gasteiger charge is 2.26. The SMILES string of the molecule is COC(CO)C(O)C(CO)CO. The number of methoxy groups -OCH3 is 1. The summed E-state index contributed by atoms with van der Waals surface area (Å²) in [4.78, 5) is 0. The summed E-state index contributed by atoms with van der Waals surface area (Å²) in [6.07, 6.45) is -1.80. The summed E-state index contributed by atoms with van der Waals surface area (Å²) in [5.74, 6) is -0.665. The molecular formula is C7H16O5. The lowest BCUT2D eigenvalue weighted by molar-refractivity contribution is -0.0837. The molecule has 4 N–H and O–H groups in total. The first-order valence-corrected chi connectivity index (χ1v) is 3.74. The normalized spacial score (nSPS) is 16.5. The average Bonchev–Trinajstić information content (AvgIpc) is 2.09. The summed E-state index contributed by atoms with van der Waals surface area (Å²) in [6.45, 7) is -1.01. The molecule has 0 saturated heterocycles. The molecule has 0 fully saturated rings. The third-order valence-electron chi connectivity index (χ3n) is 1.82. The lowest BCUT2D eigenvalue weighted by Gasteiger charge is -2.24. The molecule has 0 saturated carbocycles. The van der Waals surface area contributed by atoms with Gasteiger partial charge in [-0.2, -0.15) is 0 Å². The number of ether oxygens (including phenoxy) is 1. The van der Waals surface area contributed by atoms with Crippen LogP contribution in [-0.2, 0) is 4.74 Å². The van der Waals surface area contributed by atoms with Crippen LogP contribution in [0.15, 0.2) is 0 Å². The van der Waals surface area contributed by atoms with Gasteiger partial charge in [0.2, 0.25) is 0 Å². The molecule has 0 heterocycles. The monoisotopic (exact) mass is 180 g/mol. The first kappa shape index (κ1) is 11.8. The molecule has 12 heavy (non-hydrogen) atoms. The molecule has 0 aliphatic heterocycles. The lowest BCUT2D eigenvalue weighted by Crippen LogP contribution is -2.40. The second-order valence-corrected chi connectivity index (χ2v) is 2.57. The van der Waals surface area contributed by atoms with E-state index in [4.69, 9.17) is 20.1 Å². The van der Waals surface area contributed by atoms with Crippen LogP contribution >= 0.6 is 0 Å². The van der Waals surface area contributed by atoms with Gasteiger partial charge < -0.3 is 25.2 Å². The van der Waals surface area contributed by atoms with E-state index < -0.39 is 18.1 Å². The van der Waals surface area contributed by atoms with E-state index in [-0.39, 0.29) is 19.8 Å². The largest absolute Gasteiger partial charge is 0.396 e. The molecule has 0 aromatic rings. The van der Waals surface area contributed by atoms with Crippen LogP contribution in [0.4, 0.5) is 0 Å². The topological polar surface area (TPSA) is 90.2 Å². The Hall–Kier alpha value is -0.200. The Kier molecular flexibility index (Phi) is 6.23. The van der Waals surface area contributed by atoms with Gasteiger partial charge in [-0.1, -0.05) is 0 Å². The van der Waals surface area contributed by atoms with Gasteiger partial charge in [0.05, 0.1) is 25.9 Å². The maximum absolute atomic E-state index is 9.36. The number of rotatable bonds is 6. The molecule has 5 heteroatoms. The van der Waals surface area contributed by atoms with Crippen molar-refractivity contribution in [3.8, 4) is 0 Å². The predicted octanol–water partition coefficient (Wildman–Crippen LogP) is -2.04. The van der Waals surface area contributed by atoms with Gasteiger partial charge in [0.1, 0.15) is 6.10 Å². The van der Waals surface area contributed by atoms with Crippen molar-refractivity contribution in [1.82, 2.24) is 0 Å². The van der Waals surface area contributed by atoms with Gasteiger partial charge in [-0.3, -0.25) is 0 Å². The van der Waals surface area contributed by atoms with Crippen molar-refractivity contribution in [2.75, 3.05) is 26.9 Å². The molecule has 0 radical (unpaired) electrons. The summed E-state index contributed by atoms with van der Waals surface area (Å²) in [6, 6.07) is 0. The van der Waals surface area contributed by atoms with E-state index >= 15 is 0 Å². The Labute approximate surface area is 71.2 Å². The molecule has 0 aliphatic carbocycles. The molecule has 0 amide bonds. The Morgan fingerprint density at radius 2 is 1.58 bits per heavy atom. The zero-order chi connectivity index (χ0) is 9.56. The van der Waals surface area contributed by atoms with E-state index in [9.17, 15) is 5.11 Å². The summed E-state index contributed by atoms with van der Waals surface area (Å²) in [7, 11) is 1.34. The molecule has 5 nitrogen and oxygen atoms in total. The molecule has 2 unspecified atom stereocenters. The highest BCUT2D eigenvalue weighted by Crippen LogP contribution is 2.08. The van der Waals surface area contributed by atoms with Crippen LogP contribution in [0.2, 0.25) is 0 Å². The molecule has 0 aromatic carbocycles. The first-order valence-electron chi connectivity index (χ1n) is 3.74. The van der Waals surface area contributed by atoms with E-state index in [1.165, 1.54) is 7.11 Å². The Morgan fingerprint density at radius 1 is 1.08 bits per heavy atom. The molecule has 2 atom stereocenters. The van der Waals surface area contributed by atoms with Crippen LogP contribution in [0.1, 0.15) is 0 Å². The van der Waals surface area contributed by atoms with Crippen molar-refractivity contribution in [3.05, 3.63) is 0 Å². The van der Waals surface area contributed by atoms with Crippen molar-refractivity contribution >= 4 is 0 Å². The second-order valence-electron chi connectivity index (χ2n) is 2.57. The van der Waals surface area contributed by atoms with Gasteiger partial charge in [-0.15, -0.1) is 0 Å². The highest BCUT2D eigenvalue weighted by atomic mass is 16.5. The second kappa shape index (κ2) is 6.33. The smallest absolute Gasteiger partial charge is 0.106 e. The van der Waals surface area contributed by atoms with Crippen LogP contribution in [0.5, 0.6) is 0 Å². The van der Waals surface area contributed by atoms with E-state index in [1.807, 2.05) is 0 Å². The molecular weight excluding hydrogens is 164 g/mol. The lowest BCUT2D eigenvalue weighted by atomic mass is 10.00. The predicted molar refractivity (Wildman–Crippen MR) is 41.6 cm³/mol. The molecule has 0 spiro atoms. The zero-order valence-corrected chi connectivity index (χ0v) is 7.05. The van der Waals surface area contributed by atoms with Gasteiger partial charge in [-0.25, -0.2) is 0 Å². The number of hydrogen-bond acceptors (Lipinski definition) is 5. The van der Waals surface area contributed by atoms with Crippen molar-refractivity contribution in [2.24, 2.45) is 5.92 Å². The van der Waals surface area contributed by atoms with Crippen LogP contribution < -0.4 is 0 Å². The van der Waals surface area contributed by atoms with Crippen LogP contribution in [0.3, 0.4) is 0 Å². The van der Waals surface area contributed by atoms with Crippen molar-refractivity contribution < 1.29 is 25.2 Å². The van der Waals surface area contributed by atoms with E-state index in [0.29, 0.717) is 0 Å². The molecule has 0 bridgehead atoms. The Balaban J connectivity index is 4.02. The minimum Gasteiger partial charge on any atom is -0.396 e. The number of aliphatic hydroxyl groups is 4. The maximum atomic E-state index is 9.36. The van der Waals surface area contributed by atoms with E-state index in [1.54, 1.807) is 0 Å². The molecule has 0 aromatic heterocycles. The summed E-state index contributed by atoms with van der Waals surface area (Å²) in [5.41, 5.74) is 0.